The third kappa shape index (κ3) is 1.43. The van der Waals surface area contributed by atoms with E-state index in [4.69, 9.17) is 0 Å². The van der Waals surface area contributed by atoms with Gasteiger partial charge in [0.1, 0.15) is 6.20 Å². The molecule has 2 nitrogen and oxygen atoms in total. The van der Waals surface area contributed by atoms with Crippen molar-refractivity contribution in [3.8, 4) is 0 Å². The van der Waals surface area contributed by atoms with Gasteiger partial charge >= 0.3 is 0 Å². The van der Waals surface area contributed by atoms with E-state index in [9.17, 15) is 0 Å². The predicted octanol–water partition coefficient (Wildman–Crippen LogP) is 1.86. The van der Waals surface area contributed by atoms with Gasteiger partial charge in [0.15, 0.2) is 11.8 Å². The summed E-state index contributed by atoms with van der Waals surface area (Å²) in [5, 5.41) is 0. The molecule has 0 aliphatic heterocycles. The summed E-state index contributed by atoms with van der Waals surface area (Å²) in [6.07, 6.45) is 6.24. The van der Waals surface area contributed by atoms with Crippen LogP contribution in [0.5, 0.6) is 0 Å². The zero-order valence-corrected chi connectivity index (χ0v) is 9.51. The maximum Gasteiger partial charge on any atom is 0.185 e. The average Bonchev–Trinajstić information content (AvgIpc) is 2.31. The van der Waals surface area contributed by atoms with Crippen molar-refractivity contribution in [1.29, 1.82) is 0 Å². The molecule has 12 heavy (non-hydrogen) atoms. The van der Waals surface area contributed by atoms with Crippen LogP contribution in [0.3, 0.4) is 0 Å². The number of hydrogen-bond acceptors (Lipinski definition) is 0. The molecule has 2 aromatic rings. The molecule has 0 bridgehead atoms. The topological polar surface area (TPSA) is 9.34 Å². The average molecular weight is 339 g/mol. The second kappa shape index (κ2) is 3.38. The SMILES string of the molecule is Cc1cccn2[cH+]n(C)cc12.[Ir]. The Morgan fingerprint density at radius 2 is 2.17 bits per heavy atom. The van der Waals surface area contributed by atoms with Gasteiger partial charge in [0, 0.05) is 32.7 Å². The normalized spacial score (nSPS) is 9.83. The van der Waals surface area contributed by atoms with Gasteiger partial charge < -0.3 is 0 Å². The number of rotatable bonds is 0. The third-order valence-electron chi connectivity index (χ3n) is 1.91. The monoisotopic (exact) mass is 340 g/mol. The quantitative estimate of drug-likeness (QED) is 0.648. The van der Waals surface area contributed by atoms with Crippen LogP contribution < -0.4 is 0 Å². The largest absolute Gasteiger partial charge is 0.254 e. The van der Waals surface area contributed by atoms with E-state index < -0.39 is 0 Å². The summed E-state index contributed by atoms with van der Waals surface area (Å²) in [6.45, 7) is 2.12. The molecule has 0 atom stereocenters. The van der Waals surface area contributed by atoms with Gasteiger partial charge in [-0.15, -0.1) is 0 Å². The maximum absolute atomic E-state index is 2.12. The van der Waals surface area contributed by atoms with Crippen molar-refractivity contribution < 1.29 is 20.1 Å². The second-order valence-electron chi connectivity index (χ2n) is 2.89. The molecule has 0 aliphatic rings. The fourth-order valence-corrected chi connectivity index (χ4v) is 1.34. The van der Waals surface area contributed by atoms with Crippen molar-refractivity contribution >= 4 is 5.52 Å². The van der Waals surface area contributed by atoms with Gasteiger partial charge in [-0.1, -0.05) is 0 Å². The van der Waals surface area contributed by atoms with Gasteiger partial charge in [-0.2, -0.15) is 4.40 Å². The predicted molar refractivity (Wildman–Crippen MR) is 45.5 cm³/mol. The van der Waals surface area contributed by atoms with Gasteiger partial charge in [0.25, 0.3) is 0 Å². The van der Waals surface area contributed by atoms with Crippen LogP contribution in [-0.2, 0) is 27.2 Å². The number of aromatic nitrogens is 2. The molecule has 0 aromatic carbocycles. The Morgan fingerprint density at radius 1 is 1.42 bits per heavy atom. The molecule has 2 aromatic heterocycles. The first-order valence-electron chi connectivity index (χ1n) is 3.70. The van der Waals surface area contributed by atoms with Crippen molar-refractivity contribution in [1.82, 2.24) is 8.97 Å². The van der Waals surface area contributed by atoms with Crippen LogP contribution in [0, 0.1) is 6.92 Å². The molecule has 2 heterocycles. The Hall–Kier alpha value is -0.661. The van der Waals surface area contributed by atoms with Crippen LogP contribution in [0.25, 0.3) is 5.52 Å². The summed E-state index contributed by atoms with van der Waals surface area (Å²) in [6, 6.07) is 4.18. The van der Waals surface area contributed by atoms with E-state index in [2.05, 4.69) is 46.7 Å². The molecule has 0 N–H and O–H groups in total. The first kappa shape index (κ1) is 9.43. The molecule has 0 saturated carbocycles. The Morgan fingerprint density at radius 3 is 2.83 bits per heavy atom. The van der Waals surface area contributed by atoms with E-state index in [0.717, 1.165) is 0 Å². The first-order chi connectivity index (χ1) is 5.27. The fraction of sp³-hybridized carbons (Fsp3) is 0.222. The zero-order valence-electron chi connectivity index (χ0n) is 7.11. The molecule has 65 valence electrons. The minimum absolute atomic E-state index is 0. The zero-order chi connectivity index (χ0) is 7.84. The molecule has 0 aliphatic carbocycles. The molecule has 0 unspecified atom stereocenters. The third-order valence-corrected chi connectivity index (χ3v) is 1.91. The summed E-state index contributed by atoms with van der Waals surface area (Å²) >= 11 is 0. The van der Waals surface area contributed by atoms with E-state index in [1.807, 2.05) is 7.05 Å². The summed E-state index contributed by atoms with van der Waals surface area (Å²) < 4.78 is 4.18. The van der Waals surface area contributed by atoms with Crippen LogP contribution in [-0.4, -0.2) is 8.97 Å². The minimum atomic E-state index is 0. The molecular weight excluding hydrogens is 328 g/mol. The van der Waals surface area contributed by atoms with E-state index >= 15 is 0 Å². The van der Waals surface area contributed by atoms with Crippen LogP contribution in [0.2, 0.25) is 0 Å². The molecule has 0 spiro atoms. The van der Waals surface area contributed by atoms with Gasteiger partial charge in [0.05, 0.1) is 6.20 Å². The Kier molecular flexibility index (Phi) is 2.65. The maximum atomic E-state index is 2.12. The van der Waals surface area contributed by atoms with Crippen molar-refractivity contribution in [3.63, 3.8) is 0 Å². The van der Waals surface area contributed by atoms with Gasteiger partial charge in [0.2, 0.25) is 0 Å². The molecule has 2 rings (SSSR count). The molecule has 0 amide bonds. The van der Waals surface area contributed by atoms with E-state index in [-0.39, 0.29) is 20.1 Å². The van der Waals surface area contributed by atoms with E-state index in [0.29, 0.717) is 0 Å². The summed E-state index contributed by atoms with van der Waals surface area (Å²) in [5.41, 5.74) is 2.59. The first-order valence-corrected chi connectivity index (χ1v) is 3.70. The van der Waals surface area contributed by atoms with Crippen LogP contribution in [0.15, 0.2) is 30.9 Å². The molecule has 0 saturated heterocycles. The number of hydrogen-bond donors (Lipinski definition) is 0. The summed E-state index contributed by atoms with van der Waals surface area (Å²) in [4.78, 5) is 0. The fourth-order valence-electron chi connectivity index (χ4n) is 1.34. The Bertz CT molecular complexity index is 392. The number of nitrogens with zero attached hydrogens (tertiary/aromatic N) is 2. The smallest absolute Gasteiger partial charge is 0.185 e. The Balaban J connectivity index is 0.000000720. The standard InChI is InChI=1S/C9H11N2.Ir/c1-8-4-3-5-11-7-10(2)6-9(8)11;/h3-7H,1-2H3;/q+1;. The molecular formula is C9H11IrN2+. The van der Waals surface area contributed by atoms with Crippen LogP contribution in [0.4, 0.5) is 0 Å². The van der Waals surface area contributed by atoms with Crippen LogP contribution in [0.1, 0.15) is 5.56 Å². The van der Waals surface area contributed by atoms with Gasteiger partial charge in [-0.25, -0.2) is 0 Å². The second-order valence-corrected chi connectivity index (χ2v) is 2.89. The molecule has 0 fully saturated rings. The number of pyridine rings is 1. The number of imidazole rings is 1. The van der Waals surface area contributed by atoms with Crippen molar-refractivity contribution in [2.75, 3.05) is 0 Å². The number of fused-ring (bicyclic) bond motifs is 1. The van der Waals surface area contributed by atoms with Crippen molar-refractivity contribution in [2.45, 2.75) is 6.92 Å². The van der Waals surface area contributed by atoms with Crippen molar-refractivity contribution in [2.24, 2.45) is 7.05 Å². The van der Waals surface area contributed by atoms with Gasteiger partial charge in [-0.3, -0.25) is 4.57 Å². The van der Waals surface area contributed by atoms with Crippen LogP contribution >= 0.6 is 0 Å². The minimum Gasteiger partial charge on any atom is -0.254 e. The van der Waals surface area contributed by atoms with E-state index in [1.54, 1.807) is 0 Å². The van der Waals surface area contributed by atoms with Crippen molar-refractivity contribution in [3.05, 3.63) is 36.4 Å². The van der Waals surface area contributed by atoms with E-state index in [1.165, 1.54) is 11.1 Å². The summed E-state index contributed by atoms with van der Waals surface area (Å²) in [7, 11) is 2.03. The summed E-state index contributed by atoms with van der Waals surface area (Å²) in [5.74, 6) is 0. The number of aryl methyl sites for hydroxylation is 2. The Labute approximate surface area is 85.2 Å². The molecule has 1 radical (unpaired) electrons. The molecule has 3 heteroatoms. The van der Waals surface area contributed by atoms with Gasteiger partial charge in [-0.05, 0) is 19.1 Å².